The molecule has 1 aliphatic heterocycles. The van der Waals surface area contributed by atoms with E-state index in [0.29, 0.717) is 5.92 Å². The largest absolute Gasteiger partial charge is 0.385 e. The zero-order valence-corrected chi connectivity index (χ0v) is 12.4. The minimum atomic E-state index is -0.417. The van der Waals surface area contributed by atoms with Gasteiger partial charge >= 0.3 is 0 Å². The van der Waals surface area contributed by atoms with Gasteiger partial charge in [0, 0.05) is 19.2 Å². The van der Waals surface area contributed by atoms with E-state index in [0.717, 1.165) is 25.3 Å². The van der Waals surface area contributed by atoms with Crippen molar-refractivity contribution in [3.8, 4) is 0 Å². The fourth-order valence-corrected chi connectivity index (χ4v) is 2.28. The summed E-state index contributed by atoms with van der Waals surface area (Å²) in [6, 6.07) is 4.69. The lowest BCUT2D eigenvalue weighted by molar-refractivity contribution is -0.114. The van der Waals surface area contributed by atoms with E-state index in [1.54, 1.807) is 12.1 Å². The highest BCUT2D eigenvalue weighted by molar-refractivity contribution is 5.89. The van der Waals surface area contributed by atoms with E-state index >= 15 is 0 Å². The molecule has 1 amide bonds. The molecule has 1 saturated heterocycles. The Morgan fingerprint density at radius 1 is 1.50 bits per heavy atom. The van der Waals surface area contributed by atoms with E-state index in [-0.39, 0.29) is 24.0 Å². The van der Waals surface area contributed by atoms with Crippen LogP contribution in [0.15, 0.2) is 18.2 Å². The van der Waals surface area contributed by atoms with E-state index in [1.165, 1.54) is 25.8 Å². The standard InChI is InChI=1S/C14H20FN3O.ClH/c1-10(19)18-14-7-12(4-5-13(14)15)17-9-11-3-2-6-16-8-11;/h4-5,7,11,16-17H,2-3,6,8-9H2,1H3,(H,18,19);1H. The molecule has 2 rings (SSSR count). The van der Waals surface area contributed by atoms with Crippen molar-refractivity contribution in [1.29, 1.82) is 0 Å². The average Bonchev–Trinajstić information content (AvgIpc) is 2.40. The van der Waals surface area contributed by atoms with Gasteiger partial charge in [-0.15, -0.1) is 12.4 Å². The number of piperidine rings is 1. The minimum Gasteiger partial charge on any atom is -0.385 e. The molecule has 0 radical (unpaired) electrons. The minimum absolute atomic E-state index is 0. The van der Waals surface area contributed by atoms with Gasteiger partial charge < -0.3 is 16.0 Å². The molecule has 112 valence electrons. The van der Waals surface area contributed by atoms with Crippen LogP contribution in [0.5, 0.6) is 0 Å². The summed E-state index contributed by atoms with van der Waals surface area (Å²) in [6.07, 6.45) is 2.41. The van der Waals surface area contributed by atoms with Crippen molar-refractivity contribution in [1.82, 2.24) is 5.32 Å². The van der Waals surface area contributed by atoms with Crippen LogP contribution >= 0.6 is 12.4 Å². The third-order valence-electron chi connectivity index (χ3n) is 3.27. The van der Waals surface area contributed by atoms with Crippen molar-refractivity contribution >= 4 is 29.7 Å². The van der Waals surface area contributed by atoms with Gasteiger partial charge in [-0.05, 0) is 50.0 Å². The lowest BCUT2D eigenvalue weighted by Crippen LogP contribution is -2.33. The summed E-state index contributed by atoms with van der Waals surface area (Å²) in [5, 5.41) is 9.14. The van der Waals surface area contributed by atoms with E-state index < -0.39 is 5.82 Å². The molecule has 0 aliphatic carbocycles. The Morgan fingerprint density at radius 3 is 2.95 bits per heavy atom. The van der Waals surface area contributed by atoms with Gasteiger partial charge in [-0.3, -0.25) is 4.79 Å². The van der Waals surface area contributed by atoms with Crippen molar-refractivity contribution in [3.63, 3.8) is 0 Å². The highest BCUT2D eigenvalue weighted by Crippen LogP contribution is 2.20. The molecule has 20 heavy (non-hydrogen) atoms. The van der Waals surface area contributed by atoms with Crippen molar-refractivity contribution in [3.05, 3.63) is 24.0 Å². The number of benzene rings is 1. The smallest absolute Gasteiger partial charge is 0.221 e. The lowest BCUT2D eigenvalue weighted by atomic mass is 10.00. The highest BCUT2D eigenvalue weighted by atomic mass is 35.5. The van der Waals surface area contributed by atoms with E-state index in [9.17, 15) is 9.18 Å². The monoisotopic (exact) mass is 301 g/mol. The Morgan fingerprint density at radius 2 is 2.30 bits per heavy atom. The number of rotatable bonds is 4. The number of carbonyl (C=O) groups is 1. The van der Waals surface area contributed by atoms with Crippen LogP contribution in [-0.2, 0) is 4.79 Å². The number of nitrogens with one attached hydrogen (secondary N) is 3. The lowest BCUT2D eigenvalue weighted by Gasteiger charge is -2.23. The number of halogens is 2. The molecular formula is C14H21ClFN3O. The average molecular weight is 302 g/mol. The molecular weight excluding hydrogens is 281 g/mol. The predicted molar refractivity (Wildman–Crippen MR) is 82.0 cm³/mol. The van der Waals surface area contributed by atoms with Crippen LogP contribution in [0.1, 0.15) is 19.8 Å². The van der Waals surface area contributed by atoms with Gasteiger partial charge in [0.1, 0.15) is 5.82 Å². The normalized spacial score (nSPS) is 18.0. The van der Waals surface area contributed by atoms with Crippen molar-refractivity contribution in [2.45, 2.75) is 19.8 Å². The Kier molecular flexibility index (Phi) is 6.75. The molecule has 1 aromatic rings. The van der Waals surface area contributed by atoms with Crippen LogP contribution in [0.4, 0.5) is 15.8 Å². The first-order valence-corrected chi connectivity index (χ1v) is 6.67. The summed E-state index contributed by atoms with van der Waals surface area (Å²) < 4.78 is 13.5. The second-order valence-electron chi connectivity index (χ2n) is 4.97. The molecule has 0 spiro atoms. The van der Waals surface area contributed by atoms with Gasteiger partial charge in [0.15, 0.2) is 0 Å². The molecule has 6 heteroatoms. The number of anilines is 2. The summed E-state index contributed by atoms with van der Waals surface area (Å²) in [4.78, 5) is 11.0. The molecule has 1 heterocycles. The number of hydrogen-bond acceptors (Lipinski definition) is 3. The first-order valence-electron chi connectivity index (χ1n) is 6.67. The van der Waals surface area contributed by atoms with Gasteiger partial charge in [0.25, 0.3) is 0 Å². The molecule has 0 bridgehead atoms. The zero-order chi connectivity index (χ0) is 13.7. The molecule has 4 nitrogen and oxygen atoms in total. The molecule has 1 fully saturated rings. The Bertz CT molecular complexity index is 450. The summed E-state index contributed by atoms with van der Waals surface area (Å²) in [6.45, 7) is 4.35. The zero-order valence-electron chi connectivity index (χ0n) is 11.5. The fourth-order valence-electron chi connectivity index (χ4n) is 2.28. The van der Waals surface area contributed by atoms with E-state index in [4.69, 9.17) is 0 Å². The van der Waals surface area contributed by atoms with Crippen LogP contribution in [0.2, 0.25) is 0 Å². The molecule has 1 aliphatic rings. The van der Waals surface area contributed by atoms with Crippen LogP contribution in [0, 0.1) is 11.7 Å². The molecule has 1 atom stereocenters. The van der Waals surface area contributed by atoms with Gasteiger partial charge in [0.2, 0.25) is 5.91 Å². The summed E-state index contributed by atoms with van der Waals surface area (Å²) in [5.41, 5.74) is 1.05. The first-order chi connectivity index (χ1) is 9.15. The third kappa shape index (κ3) is 4.98. The molecule has 0 aromatic heterocycles. The van der Waals surface area contributed by atoms with Crippen molar-refractivity contribution < 1.29 is 9.18 Å². The molecule has 0 saturated carbocycles. The van der Waals surface area contributed by atoms with Gasteiger partial charge in [-0.25, -0.2) is 4.39 Å². The van der Waals surface area contributed by atoms with Gasteiger partial charge in [-0.1, -0.05) is 0 Å². The Hall–Kier alpha value is -1.33. The Labute approximate surface area is 124 Å². The van der Waals surface area contributed by atoms with Crippen molar-refractivity contribution in [2.75, 3.05) is 30.3 Å². The maximum absolute atomic E-state index is 13.5. The quantitative estimate of drug-likeness (QED) is 0.801. The van der Waals surface area contributed by atoms with Gasteiger partial charge in [0.05, 0.1) is 5.69 Å². The summed E-state index contributed by atoms with van der Waals surface area (Å²) in [5.74, 6) is -0.0874. The van der Waals surface area contributed by atoms with Crippen LogP contribution < -0.4 is 16.0 Å². The molecule has 1 unspecified atom stereocenters. The molecule has 1 aromatic carbocycles. The number of carbonyl (C=O) groups excluding carboxylic acids is 1. The van der Waals surface area contributed by atoms with E-state index in [2.05, 4.69) is 16.0 Å². The number of hydrogen-bond donors (Lipinski definition) is 3. The molecule has 3 N–H and O–H groups in total. The maximum Gasteiger partial charge on any atom is 0.221 e. The Balaban J connectivity index is 0.00000200. The summed E-state index contributed by atoms with van der Waals surface area (Å²) >= 11 is 0. The number of amides is 1. The first kappa shape index (κ1) is 16.7. The third-order valence-corrected chi connectivity index (χ3v) is 3.27. The SMILES string of the molecule is CC(=O)Nc1cc(NCC2CCCNC2)ccc1F.Cl. The highest BCUT2D eigenvalue weighted by Gasteiger charge is 2.12. The fraction of sp³-hybridized carbons (Fsp3) is 0.500. The van der Waals surface area contributed by atoms with Crippen LogP contribution in [0.3, 0.4) is 0 Å². The van der Waals surface area contributed by atoms with Crippen LogP contribution in [0.25, 0.3) is 0 Å². The summed E-state index contributed by atoms with van der Waals surface area (Å²) in [7, 11) is 0. The van der Waals surface area contributed by atoms with E-state index in [1.807, 2.05) is 0 Å². The topological polar surface area (TPSA) is 53.2 Å². The second kappa shape index (κ2) is 8.07. The van der Waals surface area contributed by atoms with Crippen LogP contribution in [-0.4, -0.2) is 25.5 Å². The van der Waals surface area contributed by atoms with Gasteiger partial charge in [-0.2, -0.15) is 0 Å². The second-order valence-corrected chi connectivity index (χ2v) is 4.97. The predicted octanol–water partition coefficient (Wildman–Crippen LogP) is 2.62. The van der Waals surface area contributed by atoms with Crippen molar-refractivity contribution in [2.24, 2.45) is 5.92 Å². The maximum atomic E-state index is 13.5.